The highest BCUT2D eigenvalue weighted by atomic mass is 35.5. The van der Waals surface area contributed by atoms with Crippen molar-refractivity contribution in [2.45, 2.75) is 6.54 Å². The summed E-state index contributed by atoms with van der Waals surface area (Å²) < 4.78 is 30.2. The van der Waals surface area contributed by atoms with Gasteiger partial charge in [0.25, 0.3) is 5.56 Å². The number of amides is 1. The largest absolute Gasteiger partial charge is 0.322 e. The molecule has 0 bridgehead atoms. The molecule has 3 aromatic carbocycles. The number of hydrogen-bond donors (Lipinski definition) is 1. The monoisotopic (exact) mass is 464 g/mol. The zero-order chi connectivity index (χ0) is 23.1. The van der Waals surface area contributed by atoms with E-state index in [-0.39, 0.29) is 23.6 Å². The lowest BCUT2D eigenvalue weighted by Gasteiger charge is -2.09. The van der Waals surface area contributed by atoms with Crippen LogP contribution in [0.2, 0.25) is 5.02 Å². The van der Waals surface area contributed by atoms with Crippen molar-refractivity contribution < 1.29 is 13.6 Å². The van der Waals surface area contributed by atoms with Crippen molar-refractivity contribution in [3.05, 3.63) is 99.8 Å². The van der Waals surface area contributed by atoms with Crippen molar-refractivity contribution in [1.82, 2.24) is 14.0 Å². The van der Waals surface area contributed by atoms with Gasteiger partial charge in [-0.05, 0) is 36.4 Å². The normalized spacial score (nSPS) is 11.2. The Hall–Kier alpha value is -4.04. The topological polar surface area (TPSA) is 68.4 Å². The first-order valence-electron chi connectivity index (χ1n) is 9.92. The number of aromatic nitrogens is 3. The molecule has 0 spiro atoms. The number of para-hydroxylation sites is 2. The van der Waals surface area contributed by atoms with E-state index >= 15 is 0 Å². The average Bonchev–Trinajstić information content (AvgIpc) is 3.10. The minimum atomic E-state index is -0.884. The number of hydrogen-bond acceptors (Lipinski definition) is 3. The summed E-state index contributed by atoms with van der Waals surface area (Å²) in [6, 6.07) is 18.3. The molecule has 9 heteroatoms. The highest BCUT2D eigenvalue weighted by molar-refractivity contribution is 6.30. The summed E-state index contributed by atoms with van der Waals surface area (Å²) in [5.41, 5.74) is 1.83. The van der Waals surface area contributed by atoms with Crippen LogP contribution in [-0.2, 0) is 11.3 Å². The van der Waals surface area contributed by atoms with Gasteiger partial charge in [0.05, 0.1) is 22.4 Å². The van der Waals surface area contributed by atoms with Gasteiger partial charge in [-0.15, -0.1) is 0 Å². The summed E-state index contributed by atoms with van der Waals surface area (Å²) in [5, 5.41) is 2.99. The lowest BCUT2D eigenvalue weighted by atomic mass is 10.1. The molecule has 0 aliphatic carbocycles. The van der Waals surface area contributed by atoms with Crippen LogP contribution in [0.25, 0.3) is 28.1 Å². The number of imidazole rings is 1. The van der Waals surface area contributed by atoms with E-state index in [0.717, 1.165) is 12.1 Å². The molecule has 0 aliphatic heterocycles. The molecule has 2 heterocycles. The first-order chi connectivity index (χ1) is 15.9. The minimum Gasteiger partial charge on any atom is -0.322 e. The molecule has 0 fully saturated rings. The maximum absolute atomic E-state index is 14.0. The quantitative estimate of drug-likeness (QED) is 0.412. The summed E-state index contributed by atoms with van der Waals surface area (Å²) in [6.07, 6.45) is 0. The standard InChI is InChI=1S/C24H15ClF2N4O2/c25-15-7-5-14(6-8-15)19-12-23(33)31-21-4-2-1-3-20(21)30(24(31)29-19)13-22(32)28-18-10-9-16(26)11-17(18)27/h1-12H,13H2,(H,28,32). The van der Waals surface area contributed by atoms with Crippen molar-refractivity contribution in [2.75, 3.05) is 5.32 Å². The molecule has 0 saturated carbocycles. The molecule has 0 unspecified atom stereocenters. The first kappa shape index (κ1) is 20.8. The molecule has 164 valence electrons. The first-order valence-corrected chi connectivity index (χ1v) is 10.3. The molecule has 2 aromatic heterocycles. The number of nitrogens with zero attached hydrogens (tertiary/aromatic N) is 3. The van der Waals surface area contributed by atoms with Gasteiger partial charge in [0, 0.05) is 22.7 Å². The fourth-order valence-electron chi connectivity index (χ4n) is 3.72. The van der Waals surface area contributed by atoms with E-state index in [0.29, 0.717) is 33.4 Å². The Bertz CT molecular complexity index is 1590. The van der Waals surface area contributed by atoms with E-state index in [1.807, 2.05) is 0 Å². The lowest BCUT2D eigenvalue weighted by molar-refractivity contribution is -0.116. The van der Waals surface area contributed by atoms with Gasteiger partial charge in [-0.2, -0.15) is 0 Å². The van der Waals surface area contributed by atoms with Gasteiger partial charge in [-0.25, -0.2) is 18.2 Å². The molecule has 6 nitrogen and oxygen atoms in total. The summed E-state index contributed by atoms with van der Waals surface area (Å²) in [5.74, 6) is -1.94. The molecule has 1 N–H and O–H groups in total. The fraction of sp³-hybridized carbons (Fsp3) is 0.0417. The van der Waals surface area contributed by atoms with Gasteiger partial charge in [0.2, 0.25) is 11.7 Å². The average molecular weight is 465 g/mol. The van der Waals surface area contributed by atoms with Crippen molar-refractivity contribution >= 4 is 40.0 Å². The molecule has 0 aliphatic rings. The molecule has 0 saturated heterocycles. The van der Waals surface area contributed by atoms with Gasteiger partial charge in [0.1, 0.15) is 18.2 Å². The number of halogens is 3. The molecule has 0 atom stereocenters. The third-order valence-corrected chi connectivity index (χ3v) is 5.45. The van der Waals surface area contributed by atoms with E-state index in [2.05, 4.69) is 10.3 Å². The zero-order valence-electron chi connectivity index (χ0n) is 16.9. The Morgan fingerprint density at radius 1 is 0.970 bits per heavy atom. The van der Waals surface area contributed by atoms with Crippen LogP contribution >= 0.6 is 11.6 Å². The second-order valence-electron chi connectivity index (χ2n) is 7.37. The van der Waals surface area contributed by atoms with Gasteiger partial charge >= 0.3 is 0 Å². The predicted molar refractivity (Wildman–Crippen MR) is 122 cm³/mol. The molecule has 33 heavy (non-hydrogen) atoms. The predicted octanol–water partition coefficient (Wildman–Crippen LogP) is 4.89. The number of nitrogens with one attached hydrogen (secondary N) is 1. The van der Waals surface area contributed by atoms with Crippen LogP contribution in [-0.4, -0.2) is 19.9 Å². The molecule has 5 rings (SSSR count). The van der Waals surface area contributed by atoms with Gasteiger partial charge < -0.3 is 9.88 Å². The second kappa shape index (κ2) is 8.14. The number of fused-ring (bicyclic) bond motifs is 3. The molecule has 1 amide bonds. The van der Waals surface area contributed by atoms with E-state index in [4.69, 9.17) is 11.6 Å². The third kappa shape index (κ3) is 3.85. The van der Waals surface area contributed by atoms with E-state index in [1.54, 1.807) is 53.1 Å². The van der Waals surface area contributed by atoms with Crippen molar-refractivity contribution in [3.8, 4) is 11.3 Å². The highest BCUT2D eigenvalue weighted by Gasteiger charge is 2.18. The number of carbonyl (C=O) groups is 1. The summed E-state index contributed by atoms with van der Waals surface area (Å²) >= 11 is 5.97. The van der Waals surface area contributed by atoms with Crippen molar-refractivity contribution in [1.29, 1.82) is 0 Å². The molecular formula is C24H15ClF2N4O2. The molecule has 5 aromatic rings. The van der Waals surface area contributed by atoms with Crippen molar-refractivity contribution in [3.63, 3.8) is 0 Å². The number of benzene rings is 3. The Labute approximate surface area is 190 Å². The maximum Gasteiger partial charge on any atom is 0.260 e. The Morgan fingerprint density at radius 2 is 1.70 bits per heavy atom. The van der Waals surface area contributed by atoms with Crippen LogP contribution in [0.15, 0.2) is 77.6 Å². The van der Waals surface area contributed by atoms with E-state index in [1.165, 1.54) is 10.5 Å². The highest BCUT2D eigenvalue weighted by Crippen LogP contribution is 2.23. The Kier molecular flexibility index (Phi) is 5.14. The number of carbonyl (C=O) groups excluding carboxylic acids is 1. The smallest absolute Gasteiger partial charge is 0.260 e. The van der Waals surface area contributed by atoms with Crippen LogP contribution in [0.5, 0.6) is 0 Å². The lowest BCUT2D eigenvalue weighted by Crippen LogP contribution is -2.21. The summed E-state index contributed by atoms with van der Waals surface area (Å²) in [7, 11) is 0. The molecular weight excluding hydrogens is 450 g/mol. The van der Waals surface area contributed by atoms with Crippen molar-refractivity contribution in [2.24, 2.45) is 0 Å². The summed E-state index contributed by atoms with van der Waals surface area (Å²) in [6.45, 7) is -0.246. The van der Waals surface area contributed by atoms with Gasteiger partial charge in [-0.1, -0.05) is 35.9 Å². The zero-order valence-corrected chi connectivity index (χ0v) is 17.7. The fourth-order valence-corrected chi connectivity index (χ4v) is 3.84. The van der Waals surface area contributed by atoms with Gasteiger partial charge in [0.15, 0.2) is 0 Å². The summed E-state index contributed by atoms with van der Waals surface area (Å²) in [4.78, 5) is 30.4. The van der Waals surface area contributed by atoms with Gasteiger partial charge in [-0.3, -0.25) is 9.59 Å². The van der Waals surface area contributed by atoms with Crippen LogP contribution in [0, 0.1) is 11.6 Å². The third-order valence-electron chi connectivity index (χ3n) is 5.20. The van der Waals surface area contributed by atoms with Crippen LogP contribution in [0.4, 0.5) is 14.5 Å². The Balaban J connectivity index is 1.62. The maximum atomic E-state index is 14.0. The second-order valence-corrected chi connectivity index (χ2v) is 7.81. The van der Waals surface area contributed by atoms with Crippen LogP contribution in [0.3, 0.4) is 0 Å². The number of anilines is 1. The van der Waals surface area contributed by atoms with E-state index < -0.39 is 17.5 Å². The number of rotatable bonds is 4. The molecule has 0 radical (unpaired) electrons. The van der Waals surface area contributed by atoms with Crippen LogP contribution in [0.1, 0.15) is 0 Å². The van der Waals surface area contributed by atoms with E-state index in [9.17, 15) is 18.4 Å². The van der Waals surface area contributed by atoms with Crippen LogP contribution < -0.4 is 10.9 Å². The minimum absolute atomic E-state index is 0.144. The Morgan fingerprint density at radius 3 is 2.42 bits per heavy atom. The SMILES string of the molecule is O=C(Cn1c2ccccc2n2c(=O)cc(-c3ccc(Cl)cc3)nc12)Nc1ccc(F)cc1F.